The Hall–Kier alpha value is -0.650. The predicted octanol–water partition coefficient (Wildman–Crippen LogP) is -0.0357. The van der Waals surface area contributed by atoms with E-state index in [9.17, 15) is 4.79 Å². The molecule has 0 aliphatic heterocycles. The Morgan fingerprint density at radius 3 is 2.27 bits per heavy atom. The fourth-order valence-corrected chi connectivity index (χ4v) is 1.27. The van der Waals surface area contributed by atoms with Crippen LogP contribution in [0, 0.1) is 0 Å². The first-order valence-electron chi connectivity index (χ1n) is 5.29. The number of aliphatic hydroxyl groups is 2. The summed E-state index contributed by atoms with van der Waals surface area (Å²) in [5, 5.41) is 29.7. The lowest BCUT2D eigenvalue weighted by Gasteiger charge is -2.29. The third kappa shape index (κ3) is 5.71. The Bertz CT molecular complexity index is 172. The van der Waals surface area contributed by atoms with Crippen LogP contribution in [0.5, 0.6) is 0 Å². The van der Waals surface area contributed by atoms with Crippen molar-refractivity contribution in [2.75, 3.05) is 19.8 Å². The van der Waals surface area contributed by atoms with Crippen molar-refractivity contribution >= 4 is 5.97 Å². The molecule has 0 aliphatic rings. The zero-order valence-corrected chi connectivity index (χ0v) is 9.20. The van der Waals surface area contributed by atoms with Crippen LogP contribution in [0.4, 0.5) is 0 Å². The van der Waals surface area contributed by atoms with Gasteiger partial charge in [0.15, 0.2) is 0 Å². The van der Waals surface area contributed by atoms with Gasteiger partial charge in [-0.05, 0) is 25.8 Å². The predicted molar refractivity (Wildman–Crippen MR) is 56.7 cm³/mol. The molecule has 0 fully saturated rings. The summed E-state index contributed by atoms with van der Waals surface area (Å²) < 4.78 is 0. The summed E-state index contributed by atoms with van der Waals surface area (Å²) >= 11 is 0. The summed E-state index contributed by atoms with van der Waals surface area (Å²) in [5.41, 5.74) is -0.622. The molecule has 0 radical (unpaired) electrons. The van der Waals surface area contributed by atoms with Gasteiger partial charge in [0.25, 0.3) is 0 Å². The smallest absolute Gasteiger partial charge is 0.303 e. The van der Waals surface area contributed by atoms with Gasteiger partial charge in [0.2, 0.25) is 0 Å². The van der Waals surface area contributed by atoms with Gasteiger partial charge in [0.1, 0.15) is 0 Å². The third-order valence-electron chi connectivity index (χ3n) is 2.60. The quantitative estimate of drug-likeness (QED) is 0.409. The molecule has 0 aromatic heterocycles. The highest BCUT2D eigenvalue weighted by atomic mass is 16.4. The maximum atomic E-state index is 10.2. The van der Waals surface area contributed by atoms with Crippen molar-refractivity contribution < 1.29 is 20.1 Å². The summed E-state index contributed by atoms with van der Waals surface area (Å²) in [4.78, 5) is 10.2. The molecule has 0 amide bonds. The number of hydrogen-bond donors (Lipinski definition) is 4. The highest BCUT2D eigenvalue weighted by molar-refractivity contribution is 5.66. The number of aliphatic carboxylic acids is 1. The molecule has 5 heteroatoms. The van der Waals surface area contributed by atoms with Gasteiger partial charge in [-0.1, -0.05) is 6.92 Å². The lowest BCUT2D eigenvalue weighted by atomic mass is 9.98. The minimum Gasteiger partial charge on any atom is -0.481 e. The molecule has 0 atom stereocenters. The van der Waals surface area contributed by atoms with Gasteiger partial charge in [-0.3, -0.25) is 4.79 Å². The molecule has 90 valence electrons. The number of carboxylic acid groups (broad SMARTS) is 1. The van der Waals surface area contributed by atoms with Crippen molar-refractivity contribution in [1.82, 2.24) is 5.32 Å². The number of carbonyl (C=O) groups is 1. The summed E-state index contributed by atoms with van der Waals surface area (Å²) in [6, 6.07) is 0. The third-order valence-corrected chi connectivity index (χ3v) is 2.60. The standard InChI is InChI=1S/C10H21NO4/c1-2-10(7-12,8-13)11-6-4-3-5-9(14)15/h11-13H,2-8H2,1H3,(H,14,15). The average molecular weight is 219 g/mol. The van der Waals surface area contributed by atoms with Crippen LogP contribution in [0.1, 0.15) is 32.6 Å². The average Bonchev–Trinajstić information content (AvgIpc) is 2.24. The second-order valence-electron chi connectivity index (χ2n) is 3.73. The normalized spacial score (nSPS) is 11.7. The van der Waals surface area contributed by atoms with E-state index in [1.807, 2.05) is 6.92 Å². The number of nitrogens with one attached hydrogen (secondary N) is 1. The fourth-order valence-electron chi connectivity index (χ4n) is 1.27. The number of carboxylic acids is 1. The lowest BCUT2D eigenvalue weighted by Crippen LogP contribution is -2.51. The van der Waals surface area contributed by atoms with Gasteiger partial charge >= 0.3 is 5.97 Å². The van der Waals surface area contributed by atoms with Gasteiger partial charge in [0.05, 0.1) is 18.8 Å². The molecular formula is C10H21NO4. The Balaban J connectivity index is 3.67. The molecule has 0 aromatic carbocycles. The highest BCUT2D eigenvalue weighted by Crippen LogP contribution is 2.08. The molecular weight excluding hydrogens is 198 g/mol. The van der Waals surface area contributed by atoms with Crippen molar-refractivity contribution in [3.8, 4) is 0 Å². The Kier molecular flexibility index (Phi) is 7.29. The van der Waals surface area contributed by atoms with Crippen molar-refractivity contribution in [2.45, 2.75) is 38.1 Å². The molecule has 0 spiro atoms. The SMILES string of the molecule is CCC(CO)(CO)NCCCCC(=O)O. The molecule has 15 heavy (non-hydrogen) atoms. The summed E-state index contributed by atoms with van der Waals surface area (Å²) in [6.07, 6.45) is 2.14. The van der Waals surface area contributed by atoms with Gasteiger partial charge in [-0.15, -0.1) is 0 Å². The highest BCUT2D eigenvalue weighted by Gasteiger charge is 2.24. The minimum atomic E-state index is -0.791. The van der Waals surface area contributed by atoms with Crippen LogP contribution < -0.4 is 5.32 Å². The summed E-state index contributed by atoms with van der Waals surface area (Å²) in [6.45, 7) is 2.27. The van der Waals surface area contributed by atoms with Crippen molar-refractivity contribution in [2.24, 2.45) is 0 Å². The van der Waals surface area contributed by atoms with Crippen molar-refractivity contribution in [1.29, 1.82) is 0 Å². The van der Waals surface area contributed by atoms with E-state index >= 15 is 0 Å². The largest absolute Gasteiger partial charge is 0.481 e. The summed E-state index contributed by atoms with van der Waals surface area (Å²) in [7, 11) is 0. The molecule has 0 aromatic rings. The van der Waals surface area contributed by atoms with Crippen LogP contribution in [0.2, 0.25) is 0 Å². The summed E-state index contributed by atoms with van der Waals surface area (Å²) in [5.74, 6) is -0.791. The van der Waals surface area contributed by atoms with Crippen LogP contribution in [-0.2, 0) is 4.79 Å². The zero-order valence-electron chi connectivity index (χ0n) is 9.20. The van der Waals surface area contributed by atoms with Crippen LogP contribution >= 0.6 is 0 Å². The first kappa shape index (κ1) is 14.3. The first-order valence-corrected chi connectivity index (χ1v) is 5.29. The Morgan fingerprint density at radius 2 is 1.87 bits per heavy atom. The van der Waals surface area contributed by atoms with E-state index in [1.165, 1.54) is 0 Å². The molecule has 0 aliphatic carbocycles. The van der Waals surface area contributed by atoms with E-state index in [4.69, 9.17) is 15.3 Å². The lowest BCUT2D eigenvalue weighted by molar-refractivity contribution is -0.137. The number of rotatable bonds is 9. The number of hydrogen-bond acceptors (Lipinski definition) is 4. The van der Waals surface area contributed by atoms with Crippen LogP contribution in [-0.4, -0.2) is 46.6 Å². The topological polar surface area (TPSA) is 89.8 Å². The van der Waals surface area contributed by atoms with E-state index in [0.717, 1.165) is 6.42 Å². The fraction of sp³-hybridized carbons (Fsp3) is 0.900. The van der Waals surface area contributed by atoms with Crippen LogP contribution in [0.25, 0.3) is 0 Å². The number of aliphatic hydroxyl groups excluding tert-OH is 2. The molecule has 0 saturated heterocycles. The molecule has 0 unspecified atom stereocenters. The van der Waals surface area contributed by atoms with Crippen molar-refractivity contribution in [3.05, 3.63) is 0 Å². The molecule has 0 saturated carbocycles. The number of unbranched alkanes of at least 4 members (excludes halogenated alkanes) is 1. The Labute approximate surface area is 90.1 Å². The van der Waals surface area contributed by atoms with Gasteiger partial charge < -0.3 is 20.6 Å². The minimum absolute atomic E-state index is 0.112. The molecule has 0 rings (SSSR count). The second-order valence-corrected chi connectivity index (χ2v) is 3.73. The Morgan fingerprint density at radius 1 is 1.27 bits per heavy atom. The van der Waals surface area contributed by atoms with Crippen LogP contribution in [0.3, 0.4) is 0 Å². The van der Waals surface area contributed by atoms with Crippen molar-refractivity contribution in [3.63, 3.8) is 0 Å². The molecule has 5 nitrogen and oxygen atoms in total. The van der Waals surface area contributed by atoms with E-state index in [-0.39, 0.29) is 19.6 Å². The molecule has 0 heterocycles. The maximum Gasteiger partial charge on any atom is 0.303 e. The monoisotopic (exact) mass is 219 g/mol. The molecule has 0 bridgehead atoms. The van der Waals surface area contributed by atoms with Gasteiger partial charge in [0, 0.05) is 6.42 Å². The first-order chi connectivity index (χ1) is 7.10. The van der Waals surface area contributed by atoms with E-state index in [1.54, 1.807) is 0 Å². The zero-order chi connectivity index (χ0) is 11.7. The maximum absolute atomic E-state index is 10.2. The van der Waals surface area contributed by atoms with E-state index < -0.39 is 11.5 Å². The molecule has 4 N–H and O–H groups in total. The van der Waals surface area contributed by atoms with Crippen LogP contribution in [0.15, 0.2) is 0 Å². The van der Waals surface area contributed by atoms with E-state index in [0.29, 0.717) is 19.4 Å². The van der Waals surface area contributed by atoms with E-state index in [2.05, 4.69) is 5.32 Å². The van der Waals surface area contributed by atoms with Gasteiger partial charge in [-0.2, -0.15) is 0 Å². The second kappa shape index (κ2) is 7.62. The van der Waals surface area contributed by atoms with Gasteiger partial charge in [-0.25, -0.2) is 0 Å².